The molecule has 0 saturated carbocycles. The summed E-state index contributed by atoms with van der Waals surface area (Å²) >= 11 is 0. The van der Waals surface area contributed by atoms with E-state index in [4.69, 9.17) is 10.5 Å². The molecule has 4 N–H and O–H groups in total. The smallest absolute Gasteiger partial charge is 0.416 e. The summed E-state index contributed by atoms with van der Waals surface area (Å²) in [5, 5.41) is 4.29. The molecule has 1 heterocycles. The van der Waals surface area contributed by atoms with Crippen molar-refractivity contribution in [3.8, 4) is 16.9 Å². The zero-order valence-corrected chi connectivity index (χ0v) is 19.1. The van der Waals surface area contributed by atoms with Crippen LogP contribution in [0.3, 0.4) is 0 Å². The van der Waals surface area contributed by atoms with Gasteiger partial charge in [-0.1, -0.05) is 12.1 Å². The van der Waals surface area contributed by atoms with Gasteiger partial charge in [0, 0.05) is 11.3 Å². The maximum Gasteiger partial charge on any atom is 0.416 e. The summed E-state index contributed by atoms with van der Waals surface area (Å²) in [7, 11) is 0. The molecule has 0 spiro atoms. The van der Waals surface area contributed by atoms with E-state index in [1.807, 2.05) is 5.32 Å². The summed E-state index contributed by atoms with van der Waals surface area (Å²) < 4.78 is 71.2. The van der Waals surface area contributed by atoms with Gasteiger partial charge in [0.05, 0.1) is 23.6 Å². The Morgan fingerprint density at radius 1 is 1.14 bits per heavy atom. The van der Waals surface area contributed by atoms with Crippen LogP contribution in [0.25, 0.3) is 11.1 Å². The maximum atomic E-state index is 13.8. The number of nitrogen functional groups attached to an aromatic ring is 1. The Labute approximate surface area is 207 Å². The van der Waals surface area contributed by atoms with E-state index in [1.54, 1.807) is 24.3 Å². The second-order valence-corrected chi connectivity index (χ2v) is 7.37. The van der Waals surface area contributed by atoms with Gasteiger partial charge in [0.2, 0.25) is 0 Å². The molecular formula is C24H19F5N6O2. The topological polar surface area (TPSA) is 114 Å². The van der Waals surface area contributed by atoms with Crippen LogP contribution in [0.4, 0.5) is 38.3 Å². The number of pyridine rings is 1. The van der Waals surface area contributed by atoms with Gasteiger partial charge in [0.1, 0.15) is 23.2 Å². The summed E-state index contributed by atoms with van der Waals surface area (Å²) in [6.45, 7) is 4.76. The minimum atomic E-state index is -4.70. The number of nitrogens with one attached hydrogen (secondary N) is 2. The first kappa shape index (κ1) is 26.8. The molecule has 37 heavy (non-hydrogen) atoms. The molecular weight excluding hydrogens is 499 g/mol. The lowest BCUT2D eigenvalue weighted by Gasteiger charge is -2.11. The van der Waals surface area contributed by atoms with Crippen molar-refractivity contribution in [2.75, 3.05) is 11.1 Å². The van der Waals surface area contributed by atoms with Crippen LogP contribution in [0.1, 0.15) is 12.5 Å². The van der Waals surface area contributed by atoms with E-state index in [9.17, 15) is 26.7 Å². The average Bonchev–Trinajstić information content (AvgIpc) is 2.84. The third-order valence-corrected chi connectivity index (χ3v) is 4.62. The van der Waals surface area contributed by atoms with Crippen LogP contribution < -0.4 is 21.1 Å². The highest BCUT2D eigenvalue weighted by molar-refractivity contribution is 5.90. The van der Waals surface area contributed by atoms with Crippen LogP contribution in [0, 0.1) is 11.6 Å². The van der Waals surface area contributed by atoms with Crippen molar-refractivity contribution in [3.63, 3.8) is 0 Å². The van der Waals surface area contributed by atoms with Crippen LogP contribution in [0.5, 0.6) is 5.75 Å². The van der Waals surface area contributed by atoms with E-state index in [1.165, 1.54) is 13.0 Å². The van der Waals surface area contributed by atoms with Gasteiger partial charge in [-0.2, -0.15) is 13.2 Å². The molecule has 0 radical (unpaired) electrons. The molecule has 0 fully saturated rings. The number of carbonyl (C=O) groups is 1. The maximum absolute atomic E-state index is 13.8. The molecule has 0 aliphatic heterocycles. The van der Waals surface area contributed by atoms with Crippen molar-refractivity contribution in [3.05, 3.63) is 83.8 Å². The quantitative estimate of drug-likeness (QED) is 0.227. The van der Waals surface area contributed by atoms with Crippen molar-refractivity contribution in [2.24, 2.45) is 9.98 Å². The number of rotatable bonds is 5. The second kappa shape index (κ2) is 11.3. The van der Waals surface area contributed by atoms with Crippen LogP contribution >= 0.6 is 0 Å². The first-order valence-electron chi connectivity index (χ1n) is 10.3. The van der Waals surface area contributed by atoms with Gasteiger partial charge >= 0.3 is 18.2 Å². The molecule has 192 valence electrons. The molecule has 0 aliphatic rings. The number of aliphatic imine (C=N–C) groups is 2. The molecule has 0 bridgehead atoms. The number of aromatic nitrogens is 1. The highest BCUT2D eigenvalue weighted by Gasteiger charge is 2.31. The zero-order valence-electron chi connectivity index (χ0n) is 19.1. The van der Waals surface area contributed by atoms with Crippen molar-refractivity contribution in [1.82, 2.24) is 10.3 Å². The van der Waals surface area contributed by atoms with Gasteiger partial charge in [-0.05, 0) is 55.6 Å². The Bertz CT molecular complexity index is 1370. The fourth-order valence-corrected chi connectivity index (χ4v) is 2.90. The number of nitrogens with zero attached hydrogens (tertiary/aromatic N) is 3. The van der Waals surface area contributed by atoms with Gasteiger partial charge in [-0.3, -0.25) is 0 Å². The second-order valence-electron chi connectivity index (χ2n) is 7.37. The number of nitrogens with two attached hydrogens (primary N) is 1. The minimum Gasteiger partial charge on any atom is -0.424 e. The highest BCUT2D eigenvalue weighted by Crippen LogP contribution is 2.32. The Hall–Kier alpha value is -4.81. The Morgan fingerprint density at radius 2 is 1.84 bits per heavy atom. The average molecular weight is 518 g/mol. The molecule has 0 unspecified atom stereocenters. The van der Waals surface area contributed by atoms with Gasteiger partial charge in [-0.25, -0.2) is 28.5 Å². The number of hydrogen-bond donors (Lipinski definition) is 3. The van der Waals surface area contributed by atoms with E-state index >= 15 is 0 Å². The lowest BCUT2D eigenvalue weighted by Crippen LogP contribution is -2.27. The first-order chi connectivity index (χ1) is 17.5. The fourth-order valence-electron chi connectivity index (χ4n) is 2.90. The molecule has 2 amide bonds. The van der Waals surface area contributed by atoms with E-state index in [2.05, 4.69) is 27.0 Å². The molecule has 2 aromatic carbocycles. The van der Waals surface area contributed by atoms with E-state index in [0.29, 0.717) is 35.1 Å². The lowest BCUT2D eigenvalue weighted by molar-refractivity contribution is -0.137. The molecule has 0 atom stereocenters. The van der Waals surface area contributed by atoms with Crippen molar-refractivity contribution in [1.29, 1.82) is 0 Å². The van der Waals surface area contributed by atoms with Gasteiger partial charge in [0.15, 0.2) is 0 Å². The third kappa shape index (κ3) is 7.34. The van der Waals surface area contributed by atoms with Gasteiger partial charge in [-0.15, -0.1) is 0 Å². The number of halogens is 5. The number of benzene rings is 2. The van der Waals surface area contributed by atoms with E-state index in [-0.39, 0.29) is 17.5 Å². The Morgan fingerprint density at radius 3 is 2.49 bits per heavy atom. The number of urea groups is 1. The number of carbonyl (C=O) groups excluding carboxylic acids is 1. The largest absolute Gasteiger partial charge is 0.424 e. The fraction of sp³-hybridized carbons (Fsp3) is 0.0833. The zero-order chi connectivity index (χ0) is 27.2. The van der Waals surface area contributed by atoms with Gasteiger partial charge in [0.25, 0.3) is 0 Å². The normalized spacial score (nSPS) is 12.2. The van der Waals surface area contributed by atoms with Crippen molar-refractivity contribution >= 4 is 30.3 Å². The SMILES string of the molecule is C=NC(=N/C=C(\C)NC(=O)Nc1cc(C(F)(F)F)ccc1F)Oc1ccc(-c2cc(F)cnc2N)cc1. The first-order valence-corrected chi connectivity index (χ1v) is 10.3. The molecule has 0 aliphatic carbocycles. The number of anilines is 2. The van der Waals surface area contributed by atoms with Crippen LogP contribution in [-0.4, -0.2) is 23.8 Å². The number of amidine groups is 1. The van der Waals surface area contributed by atoms with E-state index in [0.717, 1.165) is 12.4 Å². The molecule has 8 nitrogen and oxygen atoms in total. The van der Waals surface area contributed by atoms with Crippen LogP contribution in [-0.2, 0) is 6.18 Å². The van der Waals surface area contributed by atoms with Crippen molar-refractivity contribution in [2.45, 2.75) is 13.1 Å². The van der Waals surface area contributed by atoms with Crippen LogP contribution in [0.15, 0.2) is 76.6 Å². The minimum absolute atomic E-state index is 0.124. The molecule has 1 aromatic heterocycles. The Balaban J connectivity index is 1.65. The number of amides is 2. The molecule has 13 heteroatoms. The number of hydrogen-bond acceptors (Lipinski definition) is 5. The lowest BCUT2D eigenvalue weighted by atomic mass is 10.1. The summed E-state index contributed by atoms with van der Waals surface area (Å²) in [5.74, 6) is -1.14. The molecule has 3 aromatic rings. The molecule has 0 saturated heterocycles. The summed E-state index contributed by atoms with van der Waals surface area (Å²) in [6, 6.07) is 8.00. The third-order valence-electron chi connectivity index (χ3n) is 4.62. The summed E-state index contributed by atoms with van der Waals surface area (Å²) in [4.78, 5) is 23.4. The highest BCUT2D eigenvalue weighted by atomic mass is 19.4. The predicted molar refractivity (Wildman–Crippen MR) is 129 cm³/mol. The number of alkyl halides is 3. The van der Waals surface area contributed by atoms with Gasteiger partial charge < -0.3 is 21.1 Å². The number of ether oxygens (including phenoxy) is 1. The standard InChI is InChI=1S/C24H19F5N6O2/c1-13(34-22(36)35-20-9-15(24(27,28)29)5-8-19(20)26)11-33-23(31-2)37-17-6-3-14(4-7-17)18-10-16(25)12-32-21(18)30/h3-12H,2H2,1H3,(H2,30,32)(H2,34,35,36)/b13-11+,33-23?. The molecule has 3 rings (SSSR count). The Kier molecular flexibility index (Phi) is 8.17. The summed E-state index contributed by atoms with van der Waals surface area (Å²) in [6.07, 6.45) is -2.56. The predicted octanol–water partition coefficient (Wildman–Crippen LogP) is 5.75. The monoisotopic (exact) mass is 518 g/mol. The number of allylic oxidation sites excluding steroid dienone is 1. The van der Waals surface area contributed by atoms with Crippen molar-refractivity contribution < 1.29 is 31.5 Å². The summed E-state index contributed by atoms with van der Waals surface area (Å²) in [5.41, 5.74) is 5.12. The van der Waals surface area contributed by atoms with Crippen LogP contribution in [0.2, 0.25) is 0 Å². The van der Waals surface area contributed by atoms with E-state index < -0.39 is 35.1 Å².